The number of ether oxygens (including phenoxy) is 1. The summed E-state index contributed by atoms with van der Waals surface area (Å²) in [6.45, 7) is 0.943. The molecule has 0 atom stereocenters. The SMILES string of the molecule is COCCN(c1nccc(C(F)(F)F)n1)C1CCCC1. The van der Waals surface area contributed by atoms with Gasteiger partial charge in [0.15, 0.2) is 0 Å². The van der Waals surface area contributed by atoms with Crippen LogP contribution in [-0.4, -0.2) is 36.3 Å². The average molecular weight is 289 g/mol. The molecule has 1 heterocycles. The van der Waals surface area contributed by atoms with Crippen LogP contribution < -0.4 is 4.90 Å². The predicted molar refractivity (Wildman–Crippen MR) is 68.5 cm³/mol. The molecule has 0 spiro atoms. The quantitative estimate of drug-likeness (QED) is 0.835. The Bertz CT molecular complexity index is 433. The van der Waals surface area contributed by atoms with Crippen molar-refractivity contribution in [1.82, 2.24) is 9.97 Å². The highest BCUT2D eigenvalue weighted by molar-refractivity contribution is 5.33. The van der Waals surface area contributed by atoms with Gasteiger partial charge in [0, 0.05) is 25.9 Å². The van der Waals surface area contributed by atoms with Crippen molar-refractivity contribution < 1.29 is 17.9 Å². The van der Waals surface area contributed by atoms with Gasteiger partial charge in [-0.05, 0) is 18.9 Å². The van der Waals surface area contributed by atoms with E-state index in [0.29, 0.717) is 13.2 Å². The summed E-state index contributed by atoms with van der Waals surface area (Å²) in [7, 11) is 1.57. The molecule has 0 bridgehead atoms. The molecule has 0 saturated heterocycles. The Morgan fingerprint density at radius 1 is 1.35 bits per heavy atom. The van der Waals surface area contributed by atoms with Crippen molar-refractivity contribution in [2.75, 3.05) is 25.2 Å². The highest BCUT2D eigenvalue weighted by atomic mass is 19.4. The number of aromatic nitrogens is 2. The van der Waals surface area contributed by atoms with E-state index in [9.17, 15) is 13.2 Å². The average Bonchev–Trinajstić information content (AvgIpc) is 2.92. The minimum atomic E-state index is -4.44. The topological polar surface area (TPSA) is 38.2 Å². The maximum atomic E-state index is 12.7. The zero-order chi connectivity index (χ0) is 14.6. The lowest BCUT2D eigenvalue weighted by molar-refractivity contribution is -0.141. The van der Waals surface area contributed by atoms with Crippen LogP contribution in [0.5, 0.6) is 0 Å². The van der Waals surface area contributed by atoms with Crippen molar-refractivity contribution in [2.45, 2.75) is 37.9 Å². The molecule has 0 N–H and O–H groups in total. The predicted octanol–water partition coefficient (Wildman–Crippen LogP) is 2.89. The maximum Gasteiger partial charge on any atom is 0.433 e. The molecule has 1 fully saturated rings. The molecule has 1 aromatic rings. The number of hydrogen-bond donors (Lipinski definition) is 0. The first-order chi connectivity index (χ1) is 9.52. The van der Waals surface area contributed by atoms with Crippen LogP contribution in [0.2, 0.25) is 0 Å². The van der Waals surface area contributed by atoms with Crippen molar-refractivity contribution in [3.8, 4) is 0 Å². The van der Waals surface area contributed by atoms with Crippen LogP contribution >= 0.6 is 0 Å². The summed E-state index contributed by atoms with van der Waals surface area (Å²) < 4.78 is 43.2. The molecule has 112 valence electrons. The number of hydrogen-bond acceptors (Lipinski definition) is 4. The molecule has 4 nitrogen and oxygen atoms in total. The van der Waals surface area contributed by atoms with Crippen molar-refractivity contribution in [3.05, 3.63) is 18.0 Å². The molecule has 2 rings (SSSR count). The van der Waals surface area contributed by atoms with Gasteiger partial charge in [0.2, 0.25) is 5.95 Å². The molecule has 1 aliphatic carbocycles. The summed E-state index contributed by atoms with van der Waals surface area (Å²) in [6, 6.07) is 1.10. The Balaban J connectivity index is 2.23. The second kappa shape index (κ2) is 6.39. The van der Waals surface area contributed by atoms with Crippen LogP contribution in [0, 0.1) is 0 Å². The third-order valence-corrected chi connectivity index (χ3v) is 3.49. The van der Waals surface area contributed by atoms with Gasteiger partial charge in [-0.3, -0.25) is 0 Å². The molecule has 1 aromatic heterocycles. The minimum absolute atomic E-state index is 0.142. The fourth-order valence-corrected chi connectivity index (χ4v) is 2.50. The van der Waals surface area contributed by atoms with Crippen LogP contribution in [0.4, 0.5) is 19.1 Å². The normalized spacial score (nSPS) is 16.6. The fraction of sp³-hybridized carbons (Fsp3) is 0.692. The Morgan fingerprint density at radius 3 is 2.65 bits per heavy atom. The maximum absolute atomic E-state index is 12.7. The number of anilines is 1. The lowest BCUT2D eigenvalue weighted by atomic mass is 10.2. The van der Waals surface area contributed by atoms with Crippen LogP contribution in [0.1, 0.15) is 31.4 Å². The first-order valence-electron chi connectivity index (χ1n) is 6.68. The van der Waals surface area contributed by atoms with E-state index in [0.717, 1.165) is 31.7 Å². The molecular weight excluding hydrogens is 271 g/mol. The van der Waals surface area contributed by atoms with Crippen molar-refractivity contribution >= 4 is 5.95 Å². The van der Waals surface area contributed by atoms with Crippen molar-refractivity contribution in [3.63, 3.8) is 0 Å². The van der Waals surface area contributed by atoms with Gasteiger partial charge in [0.05, 0.1) is 6.61 Å². The van der Waals surface area contributed by atoms with E-state index in [1.54, 1.807) is 7.11 Å². The van der Waals surface area contributed by atoms with E-state index < -0.39 is 11.9 Å². The van der Waals surface area contributed by atoms with Crippen molar-refractivity contribution in [2.24, 2.45) is 0 Å². The molecule has 1 aliphatic rings. The fourth-order valence-electron chi connectivity index (χ4n) is 2.50. The van der Waals surface area contributed by atoms with Crippen LogP contribution in [0.3, 0.4) is 0 Å². The standard InChI is InChI=1S/C13H18F3N3O/c1-20-9-8-19(10-4-2-3-5-10)12-17-7-6-11(18-12)13(14,15)16/h6-7,10H,2-5,8-9H2,1H3. The molecule has 1 saturated carbocycles. The van der Waals surface area contributed by atoms with E-state index in [1.165, 1.54) is 6.20 Å². The zero-order valence-corrected chi connectivity index (χ0v) is 11.4. The highest BCUT2D eigenvalue weighted by Gasteiger charge is 2.34. The molecule has 0 radical (unpaired) electrons. The molecule has 0 aliphatic heterocycles. The highest BCUT2D eigenvalue weighted by Crippen LogP contribution is 2.30. The second-order valence-corrected chi connectivity index (χ2v) is 4.86. The summed E-state index contributed by atoms with van der Waals surface area (Å²) in [5, 5.41) is 0. The molecule has 20 heavy (non-hydrogen) atoms. The van der Waals surface area contributed by atoms with Gasteiger partial charge in [-0.15, -0.1) is 0 Å². The summed E-state index contributed by atoms with van der Waals surface area (Å²) in [5.74, 6) is 0.142. The van der Waals surface area contributed by atoms with E-state index in [2.05, 4.69) is 9.97 Å². The van der Waals surface area contributed by atoms with Gasteiger partial charge in [-0.2, -0.15) is 13.2 Å². The summed E-state index contributed by atoms with van der Waals surface area (Å²) in [4.78, 5) is 9.53. The summed E-state index contributed by atoms with van der Waals surface area (Å²) >= 11 is 0. The third-order valence-electron chi connectivity index (χ3n) is 3.49. The van der Waals surface area contributed by atoms with Gasteiger partial charge in [-0.25, -0.2) is 9.97 Å². The Labute approximate surface area is 116 Å². The molecule has 0 amide bonds. The van der Waals surface area contributed by atoms with Gasteiger partial charge in [-0.1, -0.05) is 12.8 Å². The number of methoxy groups -OCH3 is 1. The monoisotopic (exact) mass is 289 g/mol. The van der Waals surface area contributed by atoms with E-state index in [-0.39, 0.29) is 12.0 Å². The molecule has 7 heteroatoms. The summed E-state index contributed by atoms with van der Waals surface area (Å²) in [5.41, 5.74) is -0.900. The van der Waals surface area contributed by atoms with Crippen molar-refractivity contribution in [1.29, 1.82) is 0 Å². The first kappa shape index (κ1) is 15.0. The first-order valence-corrected chi connectivity index (χ1v) is 6.68. The van der Waals surface area contributed by atoms with Crippen LogP contribution in [-0.2, 0) is 10.9 Å². The Hall–Kier alpha value is -1.37. The molecule has 0 unspecified atom stereocenters. The zero-order valence-electron chi connectivity index (χ0n) is 11.4. The van der Waals surface area contributed by atoms with E-state index in [1.807, 2.05) is 4.90 Å². The largest absolute Gasteiger partial charge is 0.433 e. The lowest BCUT2D eigenvalue weighted by Crippen LogP contribution is -2.37. The lowest BCUT2D eigenvalue weighted by Gasteiger charge is -2.29. The van der Waals surface area contributed by atoms with Gasteiger partial charge < -0.3 is 9.64 Å². The van der Waals surface area contributed by atoms with E-state index >= 15 is 0 Å². The Kier molecular flexibility index (Phi) is 4.80. The van der Waals surface area contributed by atoms with Crippen LogP contribution in [0.15, 0.2) is 12.3 Å². The number of halogens is 3. The minimum Gasteiger partial charge on any atom is -0.383 e. The number of alkyl halides is 3. The van der Waals surface area contributed by atoms with Gasteiger partial charge in [0.25, 0.3) is 0 Å². The summed E-state index contributed by atoms with van der Waals surface area (Å²) in [6.07, 6.45) is 0.826. The smallest absolute Gasteiger partial charge is 0.383 e. The van der Waals surface area contributed by atoms with Gasteiger partial charge in [0.1, 0.15) is 5.69 Å². The second-order valence-electron chi connectivity index (χ2n) is 4.86. The molecular formula is C13H18F3N3O. The Morgan fingerprint density at radius 2 is 2.05 bits per heavy atom. The van der Waals surface area contributed by atoms with Crippen LogP contribution in [0.25, 0.3) is 0 Å². The van der Waals surface area contributed by atoms with Gasteiger partial charge >= 0.3 is 6.18 Å². The third kappa shape index (κ3) is 3.59. The number of rotatable bonds is 5. The molecule has 0 aromatic carbocycles. The number of nitrogens with zero attached hydrogens (tertiary/aromatic N) is 3. The van der Waals surface area contributed by atoms with E-state index in [4.69, 9.17) is 4.74 Å².